The van der Waals surface area contributed by atoms with Crippen LogP contribution in [-0.2, 0) is 0 Å². The molecule has 3 N–H and O–H groups in total. The number of anilines is 3. The number of hydrogen-bond acceptors (Lipinski definition) is 5. The molecule has 5 nitrogen and oxygen atoms in total. The average Bonchev–Trinajstić information content (AvgIpc) is 2.48. The maximum absolute atomic E-state index is 5.84. The topological polar surface area (TPSA) is 73.1 Å². The van der Waals surface area contributed by atoms with Crippen LogP contribution in [-0.4, -0.2) is 17.1 Å². The Bertz CT molecular complexity index is 807. The highest BCUT2D eigenvalue weighted by Gasteiger charge is 2.06. The highest BCUT2D eigenvalue weighted by Crippen LogP contribution is 2.30. The number of hydrogen-bond donors (Lipinski definition) is 2. The van der Waals surface area contributed by atoms with Crippen LogP contribution in [0.25, 0.3) is 10.9 Å². The Hall–Kier alpha value is -2.34. The Kier molecular flexibility index (Phi) is 3.62. The Morgan fingerprint density at radius 1 is 1.14 bits per heavy atom. The van der Waals surface area contributed by atoms with Gasteiger partial charge in [-0.1, -0.05) is 0 Å². The molecule has 106 valence electrons. The van der Waals surface area contributed by atoms with Crippen molar-refractivity contribution in [3.8, 4) is 5.75 Å². The van der Waals surface area contributed by atoms with Crippen LogP contribution in [0, 0.1) is 0 Å². The standard InChI is InChI=1S/C15H13BrN4O/c1-21-14-5-3-10(7-12(14)16)20-15-11-6-9(17)2-4-13(11)18-8-19-15/h2-8H,17H2,1H3,(H,18,19,20). The first-order chi connectivity index (χ1) is 10.2. The summed E-state index contributed by atoms with van der Waals surface area (Å²) in [7, 11) is 1.63. The van der Waals surface area contributed by atoms with Crippen molar-refractivity contribution in [2.24, 2.45) is 0 Å². The molecule has 1 heterocycles. The molecule has 0 saturated carbocycles. The second-order valence-electron chi connectivity index (χ2n) is 4.47. The van der Waals surface area contributed by atoms with E-state index in [0.29, 0.717) is 11.5 Å². The summed E-state index contributed by atoms with van der Waals surface area (Å²) in [6.45, 7) is 0. The molecule has 0 fully saturated rings. The van der Waals surface area contributed by atoms with E-state index in [1.165, 1.54) is 6.33 Å². The summed E-state index contributed by atoms with van der Waals surface area (Å²) in [4.78, 5) is 8.52. The molecule has 0 bridgehead atoms. The van der Waals surface area contributed by atoms with Crippen LogP contribution in [0.4, 0.5) is 17.2 Å². The minimum atomic E-state index is 0.677. The Balaban J connectivity index is 2.01. The summed E-state index contributed by atoms with van der Waals surface area (Å²) in [6.07, 6.45) is 1.53. The second-order valence-corrected chi connectivity index (χ2v) is 5.33. The molecule has 21 heavy (non-hydrogen) atoms. The SMILES string of the molecule is COc1ccc(Nc2ncnc3ccc(N)cc23)cc1Br. The van der Waals surface area contributed by atoms with E-state index in [0.717, 1.165) is 26.8 Å². The highest BCUT2D eigenvalue weighted by molar-refractivity contribution is 9.10. The van der Waals surface area contributed by atoms with Crippen LogP contribution in [0.2, 0.25) is 0 Å². The largest absolute Gasteiger partial charge is 0.496 e. The molecule has 0 aliphatic rings. The third kappa shape index (κ3) is 2.75. The van der Waals surface area contributed by atoms with E-state index < -0.39 is 0 Å². The zero-order valence-electron chi connectivity index (χ0n) is 11.3. The molecule has 6 heteroatoms. The third-order valence-electron chi connectivity index (χ3n) is 3.07. The van der Waals surface area contributed by atoms with Crippen LogP contribution in [0.15, 0.2) is 47.2 Å². The molecule has 0 aliphatic carbocycles. The van der Waals surface area contributed by atoms with Crippen LogP contribution >= 0.6 is 15.9 Å². The van der Waals surface area contributed by atoms with Crippen molar-refractivity contribution < 1.29 is 4.74 Å². The van der Waals surface area contributed by atoms with Gasteiger partial charge in [0.2, 0.25) is 0 Å². The third-order valence-corrected chi connectivity index (χ3v) is 3.69. The molecule has 0 atom stereocenters. The van der Waals surface area contributed by atoms with Crippen molar-refractivity contribution >= 4 is 44.0 Å². The molecule has 1 aromatic heterocycles. The lowest BCUT2D eigenvalue weighted by atomic mass is 10.2. The van der Waals surface area contributed by atoms with Gasteiger partial charge in [0.05, 0.1) is 17.1 Å². The van der Waals surface area contributed by atoms with Crippen LogP contribution in [0.1, 0.15) is 0 Å². The van der Waals surface area contributed by atoms with Gasteiger partial charge in [-0.25, -0.2) is 9.97 Å². The molecular weight excluding hydrogens is 332 g/mol. The van der Waals surface area contributed by atoms with E-state index in [2.05, 4.69) is 31.2 Å². The van der Waals surface area contributed by atoms with E-state index in [1.54, 1.807) is 7.11 Å². The summed E-state index contributed by atoms with van der Waals surface area (Å²) in [5.41, 5.74) is 8.25. The van der Waals surface area contributed by atoms with Gasteiger partial charge in [0.15, 0.2) is 0 Å². The number of nitrogens with two attached hydrogens (primary N) is 1. The minimum Gasteiger partial charge on any atom is -0.496 e. The fourth-order valence-electron chi connectivity index (χ4n) is 2.05. The maximum atomic E-state index is 5.84. The fraction of sp³-hybridized carbons (Fsp3) is 0.0667. The van der Waals surface area contributed by atoms with E-state index >= 15 is 0 Å². The summed E-state index contributed by atoms with van der Waals surface area (Å²) < 4.78 is 6.09. The zero-order chi connectivity index (χ0) is 14.8. The van der Waals surface area contributed by atoms with Gasteiger partial charge >= 0.3 is 0 Å². The van der Waals surface area contributed by atoms with Crippen molar-refractivity contribution in [2.45, 2.75) is 0 Å². The number of ether oxygens (including phenoxy) is 1. The predicted octanol–water partition coefficient (Wildman–Crippen LogP) is 3.73. The summed E-state index contributed by atoms with van der Waals surface area (Å²) in [5.74, 6) is 1.49. The number of aromatic nitrogens is 2. The molecule has 0 saturated heterocycles. The first kappa shape index (κ1) is 13.6. The van der Waals surface area contributed by atoms with E-state index in [-0.39, 0.29) is 0 Å². The average molecular weight is 345 g/mol. The molecule has 2 aromatic carbocycles. The molecule has 3 aromatic rings. The van der Waals surface area contributed by atoms with E-state index in [1.807, 2.05) is 36.4 Å². The van der Waals surface area contributed by atoms with Gasteiger partial charge in [0.25, 0.3) is 0 Å². The highest BCUT2D eigenvalue weighted by atomic mass is 79.9. The number of methoxy groups -OCH3 is 1. The molecule has 0 unspecified atom stereocenters. The monoisotopic (exact) mass is 344 g/mol. The Labute approximate surface area is 130 Å². The molecule has 0 radical (unpaired) electrons. The van der Waals surface area contributed by atoms with Crippen molar-refractivity contribution in [2.75, 3.05) is 18.2 Å². The molecule has 0 aliphatic heterocycles. The van der Waals surface area contributed by atoms with Crippen LogP contribution in [0.3, 0.4) is 0 Å². The fourth-order valence-corrected chi connectivity index (χ4v) is 2.60. The lowest BCUT2D eigenvalue weighted by molar-refractivity contribution is 0.412. The van der Waals surface area contributed by atoms with Crippen molar-refractivity contribution in [3.05, 3.63) is 47.2 Å². The van der Waals surface area contributed by atoms with Gasteiger partial charge in [0, 0.05) is 16.8 Å². The van der Waals surface area contributed by atoms with Crippen molar-refractivity contribution in [1.82, 2.24) is 9.97 Å². The Morgan fingerprint density at radius 3 is 2.76 bits per heavy atom. The van der Waals surface area contributed by atoms with Gasteiger partial charge < -0.3 is 15.8 Å². The van der Waals surface area contributed by atoms with Gasteiger partial charge in [-0.05, 0) is 52.3 Å². The van der Waals surface area contributed by atoms with Crippen LogP contribution < -0.4 is 15.8 Å². The number of nitrogens with one attached hydrogen (secondary N) is 1. The second kappa shape index (κ2) is 5.57. The number of nitrogen functional groups attached to an aromatic ring is 1. The lowest BCUT2D eigenvalue weighted by Crippen LogP contribution is -1.97. The first-order valence-electron chi connectivity index (χ1n) is 6.28. The van der Waals surface area contributed by atoms with Crippen LogP contribution in [0.5, 0.6) is 5.75 Å². The van der Waals surface area contributed by atoms with E-state index in [9.17, 15) is 0 Å². The van der Waals surface area contributed by atoms with Crippen molar-refractivity contribution in [1.29, 1.82) is 0 Å². The maximum Gasteiger partial charge on any atom is 0.141 e. The molecule has 0 spiro atoms. The smallest absolute Gasteiger partial charge is 0.141 e. The predicted molar refractivity (Wildman–Crippen MR) is 87.9 cm³/mol. The van der Waals surface area contributed by atoms with E-state index in [4.69, 9.17) is 10.5 Å². The quantitative estimate of drug-likeness (QED) is 0.708. The summed E-state index contributed by atoms with van der Waals surface area (Å²) in [5, 5.41) is 4.15. The van der Waals surface area contributed by atoms with Gasteiger partial charge in [-0.15, -0.1) is 0 Å². The number of nitrogens with zero attached hydrogens (tertiary/aromatic N) is 2. The van der Waals surface area contributed by atoms with Gasteiger partial charge in [-0.3, -0.25) is 0 Å². The number of fused-ring (bicyclic) bond motifs is 1. The van der Waals surface area contributed by atoms with Crippen molar-refractivity contribution in [3.63, 3.8) is 0 Å². The normalized spacial score (nSPS) is 10.6. The first-order valence-corrected chi connectivity index (χ1v) is 7.07. The molecule has 0 amide bonds. The number of halogens is 1. The summed E-state index contributed by atoms with van der Waals surface area (Å²) >= 11 is 3.46. The van der Waals surface area contributed by atoms with Gasteiger partial charge in [0.1, 0.15) is 17.9 Å². The van der Waals surface area contributed by atoms with Gasteiger partial charge in [-0.2, -0.15) is 0 Å². The molecular formula is C15H13BrN4O. The zero-order valence-corrected chi connectivity index (χ0v) is 12.9. The number of rotatable bonds is 3. The lowest BCUT2D eigenvalue weighted by Gasteiger charge is -2.10. The molecule has 3 rings (SSSR count). The number of benzene rings is 2. The minimum absolute atomic E-state index is 0.677. The Morgan fingerprint density at radius 2 is 2.00 bits per heavy atom. The summed E-state index contributed by atoms with van der Waals surface area (Å²) in [6, 6.07) is 11.3.